The molecule has 2 heterocycles. The number of fused-ring (bicyclic) bond motifs is 1. The molecule has 0 aliphatic carbocycles. The number of hydrogen-bond donors (Lipinski definition) is 1. The number of nitrogens with zero attached hydrogens (tertiary/aromatic N) is 2. The van der Waals surface area contributed by atoms with Gasteiger partial charge in [-0.25, -0.2) is 4.79 Å². The van der Waals surface area contributed by atoms with Crippen molar-refractivity contribution in [3.63, 3.8) is 0 Å². The number of ether oxygens (including phenoxy) is 2. The van der Waals surface area contributed by atoms with Crippen molar-refractivity contribution in [2.24, 2.45) is 0 Å². The van der Waals surface area contributed by atoms with Gasteiger partial charge in [-0.1, -0.05) is 6.92 Å². The van der Waals surface area contributed by atoms with Crippen LogP contribution in [0.25, 0.3) is 0 Å². The lowest BCUT2D eigenvalue weighted by molar-refractivity contribution is 0.0664. The largest absolute Gasteiger partial charge is 0.486 e. The number of urea groups is 1. The number of benzene rings is 1. The summed E-state index contributed by atoms with van der Waals surface area (Å²) in [5, 5.41) is 2.87. The average Bonchev–Trinajstić information content (AvgIpc) is 2.65. The Morgan fingerprint density at radius 1 is 1.04 bits per heavy atom. The minimum absolute atomic E-state index is 0.0411. The van der Waals surface area contributed by atoms with Gasteiger partial charge in [0.15, 0.2) is 11.5 Å². The highest BCUT2D eigenvalue weighted by Gasteiger charge is 2.25. The molecule has 7 nitrogen and oxygen atoms in total. The Morgan fingerprint density at radius 2 is 1.71 bits per heavy atom. The van der Waals surface area contributed by atoms with E-state index >= 15 is 0 Å². The van der Waals surface area contributed by atoms with Gasteiger partial charge in [0.2, 0.25) is 0 Å². The number of carbonyl (C=O) groups excluding carboxylic acids is 2. The minimum Gasteiger partial charge on any atom is -0.486 e. The Bertz CT molecular complexity index is 612. The van der Waals surface area contributed by atoms with Gasteiger partial charge in [-0.05, 0) is 24.6 Å². The van der Waals surface area contributed by atoms with E-state index in [-0.39, 0.29) is 11.9 Å². The van der Waals surface area contributed by atoms with Crippen molar-refractivity contribution in [2.75, 3.05) is 45.9 Å². The Kier molecular flexibility index (Phi) is 5.08. The molecule has 0 unspecified atom stereocenters. The summed E-state index contributed by atoms with van der Waals surface area (Å²) in [4.78, 5) is 28.1. The van der Waals surface area contributed by atoms with Crippen molar-refractivity contribution in [2.45, 2.75) is 13.3 Å². The molecule has 0 saturated carbocycles. The fraction of sp³-hybridized carbons (Fsp3) is 0.529. The predicted molar refractivity (Wildman–Crippen MR) is 88.6 cm³/mol. The number of carbonyl (C=O) groups is 2. The van der Waals surface area contributed by atoms with Crippen LogP contribution in [0.5, 0.6) is 11.5 Å². The molecule has 130 valence electrons. The SMILES string of the molecule is CCCNC(=O)N1CCN(C(=O)c2ccc3c(c2)OCCO3)CC1. The highest BCUT2D eigenvalue weighted by Crippen LogP contribution is 2.31. The molecule has 1 saturated heterocycles. The molecule has 7 heteroatoms. The predicted octanol–water partition coefficient (Wildman–Crippen LogP) is 1.34. The van der Waals surface area contributed by atoms with E-state index in [1.54, 1.807) is 28.0 Å². The van der Waals surface area contributed by atoms with E-state index in [4.69, 9.17) is 9.47 Å². The Hall–Kier alpha value is -2.44. The van der Waals surface area contributed by atoms with Gasteiger partial charge in [0, 0.05) is 38.3 Å². The van der Waals surface area contributed by atoms with Gasteiger partial charge in [-0.2, -0.15) is 0 Å². The van der Waals surface area contributed by atoms with Gasteiger partial charge in [0.1, 0.15) is 13.2 Å². The van der Waals surface area contributed by atoms with Gasteiger partial charge in [0.25, 0.3) is 5.91 Å². The lowest BCUT2D eigenvalue weighted by Gasteiger charge is -2.34. The Morgan fingerprint density at radius 3 is 2.42 bits per heavy atom. The van der Waals surface area contributed by atoms with Gasteiger partial charge >= 0.3 is 6.03 Å². The molecule has 3 amide bonds. The third-order valence-corrected chi connectivity index (χ3v) is 4.17. The van der Waals surface area contributed by atoms with E-state index in [2.05, 4.69) is 5.32 Å². The van der Waals surface area contributed by atoms with E-state index in [9.17, 15) is 9.59 Å². The molecule has 1 fully saturated rings. The van der Waals surface area contributed by atoms with E-state index in [1.807, 2.05) is 6.92 Å². The van der Waals surface area contributed by atoms with Crippen LogP contribution in [0.2, 0.25) is 0 Å². The number of piperazine rings is 1. The highest BCUT2D eigenvalue weighted by atomic mass is 16.6. The van der Waals surface area contributed by atoms with Crippen LogP contribution in [0.3, 0.4) is 0 Å². The maximum absolute atomic E-state index is 12.6. The van der Waals surface area contributed by atoms with Crippen molar-refractivity contribution in [3.8, 4) is 11.5 Å². The molecule has 0 atom stereocenters. The van der Waals surface area contributed by atoms with Crippen molar-refractivity contribution in [1.29, 1.82) is 0 Å². The van der Waals surface area contributed by atoms with E-state index in [1.165, 1.54) is 0 Å². The molecular weight excluding hydrogens is 310 g/mol. The number of amides is 3. The van der Waals surface area contributed by atoms with Crippen LogP contribution in [-0.2, 0) is 0 Å². The fourth-order valence-electron chi connectivity index (χ4n) is 2.82. The maximum Gasteiger partial charge on any atom is 0.317 e. The summed E-state index contributed by atoms with van der Waals surface area (Å²) in [7, 11) is 0. The van der Waals surface area contributed by atoms with Crippen LogP contribution in [0.1, 0.15) is 23.7 Å². The molecule has 0 spiro atoms. The van der Waals surface area contributed by atoms with Crippen molar-refractivity contribution < 1.29 is 19.1 Å². The van der Waals surface area contributed by atoms with Crippen molar-refractivity contribution in [1.82, 2.24) is 15.1 Å². The second kappa shape index (κ2) is 7.42. The zero-order valence-electron chi connectivity index (χ0n) is 13.9. The molecule has 1 aromatic carbocycles. The average molecular weight is 333 g/mol. The minimum atomic E-state index is -0.0525. The third-order valence-electron chi connectivity index (χ3n) is 4.17. The first-order chi connectivity index (χ1) is 11.7. The van der Waals surface area contributed by atoms with Crippen LogP contribution in [0.15, 0.2) is 18.2 Å². The summed E-state index contributed by atoms with van der Waals surface area (Å²) >= 11 is 0. The lowest BCUT2D eigenvalue weighted by atomic mass is 10.1. The first kappa shape index (κ1) is 16.4. The van der Waals surface area contributed by atoms with Crippen LogP contribution in [0.4, 0.5) is 4.79 Å². The highest BCUT2D eigenvalue weighted by molar-refractivity contribution is 5.95. The third kappa shape index (κ3) is 3.55. The van der Waals surface area contributed by atoms with E-state index < -0.39 is 0 Å². The van der Waals surface area contributed by atoms with Gasteiger partial charge in [-0.15, -0.1) is 0 Å². The summed E-state index contributed by atoms with van der Waals surface area (Å²) in [5.41, 5.74) is 0.586. The van der Waals surface area contributed by atoms with Crippen LogP contribution in [-0.4, -0.2) is 67.7 Å². The summed E-state index contributed by atoms with van der Waals surface area (Å²) in [5.74, 6) is 1.25. The molecule has 1 aromatic rings. The molecule has 3 rings (SSSR count). The second-order valence-electron chi connectivity index (χ2n) is 5.87. The Balaban J connectivity index is 1.58. The van der Waals surface area contributed by atoms with Gasteiger partial charge in [0.05, 0.1) is 0 Å². The topological polar surface area (TPSA) is 71.1 Å². The zero-order valence-corrected chi connectivity index (χ0v) is 13.9. The second-order valence-corrected chi connectivity index (χ2v) is 5.87. The summed E-state index contributed by atoms with van der Waals surface area (Å²) < 4.78 is 11.0. The first-order valence-electron chi connectivity index (χ1n) is 8.40. The maximum atomic E-state index is 12.6. The standard InChI is InChI=1S/C17H23N3O4/c1-2-5-18-17(22)20-8-6-19(7-9-20)16(21)13-3-4-14-15(12-13)24-11-10-23-14/h3-4,12H,2,5-11H2,1H3,(H,18,22). The summed E-state index contributed by atoms with van der Waals surface area (Å²) in [6.07, 6.45) is 0.911. The number of nitrogens with one attached hydrogen (secondary N) is 1. The van der Waals surface area contributed by atoms with Crippen molar-refractivity contribution >= 4 is 11.9 Å². The molecule has 0 aromatic heterocycles. The monoisotopic (exact) mass is 333 g/mol. The molecule has 2 aliphatic rings. The quantitative estimate of drug-likeness (QED) is 0.906. The van der Waals surface area contributed by atoms with Gasteiger partial charge in [-0.3, -0.25) is 4.79 Å². The van der Waals surface area contributed by atoms with Crippen molar-refractivity contribution in [3.05, 3.63) is 23.8 Å². The number of rotatable bonds is 3. The zero-order chi connectivity index (χ0) is 16.9. The number of hydrogen-bond acceptors (Lipinski definition) is 4. The molecule has 0 radical (unpaired) electrons. The Labute approximate surface area is 141 Å². The molecule has 2 aliphatic heterocycles. The van der Waals surface area contributed by atoms with Crippen LogP contribution >= 0.6 is 0 Å². The molecule has 1 N–H and O–H groups in total. The van der Waals surface area contributed by atoms with E-state index in [0.29, 0.717) is 63.0 Å². The smallest absolute Gasteiger partial charge is 0.317 e. The van der Waals surface area contributed by atoms with Crippen LogP contribution in [0, 0.1) is 0 Å². The summed E-state index contributed by atoms with van der Waals surface area (Å²) in [6, 6.07) is 5.21. The van der Waals surface area contributed by atoms with Crippen LogP contribution < -0.4 is 14.8 Å². The van der Waals surface area contributed by atoms with E-state index in [0.717, 1.165) is 6.42 Å². The van der Waals surface area contributed by atoms with Gasteiger partial charge < -0.3 is 24.6 Å². The molecule has 0 bridgehead atoms. The molecular formula is C17H23N3O4. The lowest BCUT2D eigenvalue weighted by Crippen LogP contribution is -2.53. The molecule has 24 heavy (non-hydrogen) atoms. The summed E-state index contributed by atoms with van der Waals surface area (Å²) in [6.45, 7) is 5.88. The fourth-order valence-corrected chi connectivity index (χ4v) is 2.82. The normalized spacial score (nSPS) is 16.7. The first-order valence-corrected chi connectivity index (χ1v) is 8.40.